The first kappa shape index (κ1) is 11.9. The molecule has 0 saturated heterocycles. The number of para-hydroxylation sites is 1. The van der Waals surface area contributed by atoms with Crippen molar-refractivity contribution in [3.05, 3.63) is 54.7 Å². The van der Waals surface area contributed by atoms with Crippen LogP contribution in [0.15, 0.2) is 49.2 Å². The number of aromatic nitrogens is 4. The van der Waals surface area contributed by atoms with Crippen LogP contribution < -0.4 is 0 Å². The van der Waals surface area contributed by atoms with Crippen molar-refractivity contribution in [3.63, 3.8) is 0 Å². The van der Waals surface area contributed by atoms with Gasteiger partial charge < -0.3 is 4.57 Å². The minimum Gasteiger partial charge on any atom is -0.340 e. The third-order valence-electron chi connectivity index (χ3n) is 4.55. The second kappa shape index (κ2) is 4.37. The van der Waals surface area contributed by atoms with Gasteiger partial charge in [-0.2, -0.15) is 0 Å². The SMILES string of the molecule is c1ccc2c(c1)c1cnc(-c3cncnc3)c3c1n2CCC3. The number of hydrogen-bond donors (Lipinski definition) is 0. The molecule has 0 atom stereocenters. The molecule has 5 rings (SSSR count). The predicted molar refractivity (Wildman–Crippen MR) is 86.6 cm³/mol. The molecule has 0 N–H and O–H groups in total. The average molecular weight is 286 g/mol. The summed E-state index contributed by atoms with van der Waals surface area (Å²) in [6.45, 7) is 1.08. The molecule has 0 radical (unpaired) electrons. The summed E-state index contributed by atoms with van der Waals surface area (Å²) < 4.78 is 2.44. The standard InChI is InChI=1S/C18H14N4/c1-2-6-16-13(4-1)15-10-21-17(12-8-19-11-20-9-12)14-5-3-7-22(16)18(14)15/h1-2,4,6,8-11H,3,5,7H2. The molecule has 0 amide bonds. The molecule has 4 aromatic rings. The van der Waals surface area contributed by atoms with Gasteiger partial charge in [-0.15, -0.1) is 0 Å². The fraction of sp³-hybridized carbons (Fsp3) is 0.167. The van der Waals surface area contributed by atoms with Gasteiger partial charge in [-0.05, 0) is 18.9 Å². The summed E-state index contributed by atoms with van der Waals surface area (Å²) in [5, 5.41) is 2.55. The molecule has 1 aliphatic heterocycles. The average Bonchev–Trinajstić information content (AvgIpc) is 2.93. The Labute approximate surface area is 127 Å². The number of fused-ring (bicyclic) bond motifs is 3. The predicted octanol–water partition coefficient (Wildman–Crippen LogP) is 3.59. The van der Waals surface area contributed by atoms with E-state index in [0.29, 0.717) is 0 Å². The largest absolute Gasteiger partial charge is 0.340 e. The van der Waals surface area contributed by atoms with Gasteiger partial charge in [0.2, 0.25) is 0 Å². The monoisotopic (exact) mass is 286 g/mol. The number of benzene rings is 1. The van der Waals surface area contributed by atoms with Crippen LogP contribution in [0.1, 0.15) is 12.0 Å². The molecule has 4 heteroatoms. The van der Waals surface area contributed by atoms with Gasteiger partial charge in [0.05, 0.1) is 11.2 Å². The van der Waals surface area contributed by atoms with Gasteiger partial charge in [0, 0.05) is 52.6 Å². The van der Waals surface area contributed by atoms with Gasteiger partial charge in [0.15, 0.2) is 0 Å². The molecule has 1 aliphatic rings. The summed E-state index contributed by atoms with van der Waals surface area (Å²) in [6, 6.07) is 8.60. The van der Waals surface area contributed by atoms with Crippen molar-refractivity contribution in [2.24, 2.45) is 0 Å². The summed E-state index contributed by atoms with van der Waals surface area (Å²) in [4.78, 5) is 13.0. The van der Waals surface area contributed by atoms with Crippen LogP contribution in [0.5, 0.6) is 0 Å². The molecule has 4 heterocycles. The molecule has 0 spiro atoms. The molecule has 3 aromatic heterocycles. The Morgan fingerprint density at radius 3 is 2.73 bits per heavy atom. The zero-order valence-electron chi connectivity index (χ0n) is 12.0. The maximum absolute atomic E-state index is 4.75. The Morgan fingerprint density at radius 1 is 0.955 bits per heavy atom. The highest BCUT2D eigenvalue weighted by Gasteiger charge is 2.21. The van der Waals surface area contributed by atoms with Crippen LogP contribution in [0.25, 0.3) is 33.1 Å². The van der Waals surface area contributed by atoms with Gasteiger partial charge in [0.1, 0.15) is 6.33 Å². The smallest absolute Gasteiger partial charge is 0.115 e. The molecule has 0 bridgehead atoms. The normalized spacial score (nSPS) is 13.8. The van der Waals surface area contributed by atoms with Crippen LogP contribution in [-0.4, -0.2) is 19.5 Å². The van der Waals surface area contributed by atoms with Crippen molar-refractivity contribution < 1.29 is 0 Å². The van der Waals surface area contributed by atoms with Gasteiger partial charge >= 0.3 is 0 Å². The Kier molecular flexibility index (Phi) is 2.36. The quantitative estimate of drug-likeness (QED) is 0.537. The second-order valence-corrected chi connectivity index (χ2v) is 5.75. The lowest BCUT2D eigenvalue weighted by Gasteiger charge is -2.18. The highest BCUT2D eigenvalue weighted by atomic mass is 15.0. The summed E-state index contributed by atoms with van der Waals surface area (Å²) in [6.07, 6.45) is 9.46. The molecule has 1 aromatic carbocycles. The molecule has 0 aliphatic carbocycles. The molecule has 106 valence electrons. The van der Waals surface area contributed by atoms with Gasteiger partial charge in [-0.3, -0.25) is 4.98 Å². The van der Waals surface area contributed by atoms with E-state index in [-0.39, 0.29) is 0 Å². The highest BCUT2D eigenvalue weighted by Crippen LogP contribution is 2.37. The molecule has 0 fully saturated rings. The van der Waals surface area contributed by atoms with E-state index in [9.17, 15) is 0 Å². The highest BCUT2D eigenvalue weighted by molar-refractivity contribution is 6.10. The number of hydrogen-bond acceptors (Lipinski definition) is 3. The van der Waals surface area contributed by atoms with E-state index in [0.717, 1.165) is 30.6 Å². The Hall–Kier alpha value is -2.75. The van der Waals surface area contributed by atoms with Crippen LogP contribution >= 0.6 is 0 Å². The Morgan fingerprint density at radius 2 is 1.82 bits per heavy atom. The van der Waals surface area contributed by atoms with Crippen LogP contribution in [-0.2, 0) is 13.0 Å². The van der Waals surface area contributed by atoms with Crippen LogP contribution in [0.2, 0.25) is 0 Å². The number of pyridine rings is 1. The second-order valence-electron chi connectivity index (χ2n) is 5.75. The van der Waals surface area contributed by atoms with Crippen molar-refractivity contribution in [1.29, 1.82) is 0 Å². The van der Waals surface area contributed by atoms with Crippen LogP contribution in [0.4, 0.5) is 0 Å². The summed E-state index contributed by atoms with van der Waals surface area (Å²) in [5.41, 5.74) is 5.99. The molecule has 22 heavy (non-hydrogen) atoms. The van der Waals surface area contributed by atoms with E-state index in [2.05, 4.69) is 38.8 Å². The Balaban J connectivity index is 1.94. The topological polar surface area (TPSA) is 43.6 Å². The van der Waals surface area contributed by atoms with Crippen LogP contribution in [0, 0.1) is 0 Å². The zero-order chi connectivity index (χ0) is 14.5. The first-order valence-corrected chi connectivity index (χ1v) is 7.57. The van der Waals surface area contributed by atoms with E-state index in [1.807, 2.05) is 18.6 Å². The summed E-state index contributed by atoms with van der Waals surface area (Å²) >= 11 is 0. The van der Waals surface area contributed by atoms with Crippen molar-refractivity contribution in [2.45, 2.75) is 19.4 Å². The number of nitrogens with zero attached hydrogens (tertiary/aromatic N) is 4. The van der Waals surface area contributed by atoms with E-state index >= 15 is 0 Å². The minimum atomic E-state index is 0.998. The van der Waals surface area contributed by atoms with E-state index in [4.69, 9.17) is 4.98 Å². The Bertz CT molecular complexity index is 1000. The number of aryl methyl sites for hydroxylation is 2. The first-order valence-electron chi connectivity index (χ1n) is 7.57. The minimum absolute atomic E-state index is 0.998. The van der Waals surface area contributed by atoms with Crippen molar-refractivity contribution >= 4 is 21.8 Å². The van der Waals surface area contributed by atoms with Crippen LogP contribution in [0.3, 0.4) is 0 Å². The van der Waals surface area contributed by atoms with E-state index in [1.54, 1.807) is 6.33 Å². The zero-order valence-corrected chi connectivity index (χ0v) is 12.0. The first-order chi connectivity index (χ1) is 10.9. The lowest BCUT2D eigenvalue weighted by molar-refractivity contribution is 0.650. The van der Waals surface area contributed by atoms with Gasteiger partial charge in [-0.25, -0.2) is 9.97 Å². The lowest BCUT2D eigenvalue weighted by atomic mass is 9.99. The van der Waals surface area contributed by atoms with Crippen molar-refractivity contribution in [1.82, 2.24) is 19.5 Å². The summed E-state index contributed by atoms with van der Waals surface area (Å²) in [7, 11) is 0. The molecular weight excluding hydrogens is 272 g/mol. The summed E-state index contributed by atoms with van der Waals surface area (Å²) in [5.74, 6) is 0. The van der Waals surface area contributed by atoms with E-state index in [1.165, 1.54) is 27.4 Å². The third-order valence-corrected chi connectivity index (χ3v) is 4.55. The molecule has 4 nitrogen and oxygen atoms in total. The van der Waals surface area contributed by atoms with Gasteiger partial charge in [0.25, 0.3) is 0 Å². The fourth-order valence-corrected chi connectivity index (χ4v) is 3.66. The van der Waals surface area contributed by atoms with Gasteiger partial charge in [-0.1, -0.05) is 18.2 Å². The maximum atomic E-state index is 4.75. The van der Waals surface area contributed by atoms with Crippen molar-refractivity contribution in [3.8, 4) is 11.3 Å². The van der Waals surface area contributed by atoms with E-state index < -0.39 is 0 Å². The fourth-order valence-electron chi connectivity index (χ4n) is 3.66. The maximum Gasteiger partial charge on any atom is 0.115 e. The number of rotatable bonds is 1. The molecule has 0 unspecified atom stereocenters. The van der Waals surface area contributed by atoms with Crippen molar-refractivity contribution in [2.75, 3.05) is 0 Å². The molecular formula is C18H14N4. The molecule has 0 saturated carbocycles. The third kappa shape index (κ3) is 1.49. The lowest BCUT2D eigenvalue weighted by Crippen LogP contribution is -2.09.